The van der Waals surface area contributed by atoms with Crippen molar-refractivity contribution < 1.29 is 4.79 Å². The Kier molecular flexibility index (Phi) is 3.98. The zero-order chi connectivity index (χ0) is 15.7. The first kappa shape index (κ1) is 14.8. The SMILES string of the molecule is Cc1cc(Br)c2nc(C)c(C(=O)NCc3ccccc3)n2c1. The number of aryl methyl sites for hydroxylation is 2. The lowest BCUT2D eigenvalue weighted by molar-refractivity contribution is 0.0944. The highest BCUT2D eigenvalue weighted by Gasteiger charge is 2.18. The fourth-order valence-corrected chi connectivity index (χ4v) is 3.12. The van der Waals surface area contributed by atoms with Crippen LogP contribution >= 0.6 is 15.9 Å². The molecule has 0 aliphatic heterocycles. The molecule has 4 nitrogen and oxygen atoms in total. The molecule has 2 aromatic heterocycles. The zero-order valence-electron chi connectivity index (χ0n) is 12.4. The molecule has 5 heteroatoms. The average Bonchev–Trinajstić information content (AvgIpc) is 2.82. The zero-order valence-corrected chi connectivity index (χ0v) is 14.0. The number of aromatic nitrogens is 2. The molecule has 0 aliphatic carbocycles. The van der Waals surface area contributed by atoms with Gasteiger partial charge in [-0.3, -0.25) is 9.20 Å². The van der Waals surface area contributed by atoms with E-state index in [0.717, 1.165) is 26.9 Å². The molecule has 112 valence electrons. The molecule has 1 N–H and O–H groups in total. The van der Waals surface area contributed by atoms with Crippen molar-refractivity contribution in [3.63, 3.8) is 0 Å². The van der Waals surface area contributed by atoms with Crippen molar-refractivity contribution in [2.24, 2.45) is 0 Å². The summed E-state index contributed by atoms with van der Waals surface area (Å²) in [5.74, 6) is -0.119. The van der Waals surface area contributed by atoms with Gasteiger partial charge >= 0.3 is 0 Å². The van der Waals surface area contributed by atoms with Gasteiger partial charge in [-0.25, -0.2) is 4.98 Å². The van der Waals surface area contributed by atoms with Crippen LogP contribution in [0.3, 0.4) is 0 Å². The number of amides is 1. The molecule has 0 saturated carbocycles. The van der Waals surface area contributed by atoms with Crippen molar-refractivity contribution in [2.45, 2.75) is 20.4 Å². The molecular formula is C17H16BrN3O. The number of fused-ring (bicyclic) bond motifs is 1. The van der Waals surface area contributed by atoms with Crippen LogP contribution < -0.4 is 5.32 Å². The summed E-state index contributed by atoms with van der Waals surface area (Å²) >= 11 is 3.50. The second kappa shape index (κ2) is 5.93. The topological polar surface area (TPSA) is 46.4 Å². The molecule has 1 amide bonds. The minimum atomic E-state index is -0.119. The van der Waals surface area contributed by atoms with Gasteiger partial charge in [0.25, 0.3) is 5.91 Å². The van der Waals surface area contributed by atoms with Crippen LogP contribution in [-0.2, 0) is 6.54 Å². The molecule has 0 spiro atoms. The maximum atomic E-state index is 12.5. The molecule has 0 bridgehead atoms. The van der Waals surface area contributed by atoms with Crippen LogP contribution in [0, 0.1) is 13.8 Å². The maximum Gasteiger partial charge on any atom is 0.270 e. The third kappa shape index (κ3) is 2.76. The van der Waals surface area contributed by atoms with Crippen LogP contribution in [0.4, 0.5) is 0 Å². The Morgan fingerprint density at radius 2 is 2.00 bits per heavy atom. The lowest BCUT2D eigenvalue weighted by atomic mass is 10.2. The summed E-state index contributed by atoms with van der Waals surface area (Å²) < 4.78 is 2.73. The molecule has 0 fully saturated rings. The van der Waals surface area contributed by atoms with Crippen molar-refractivity contribution >= 4 is 27.5 Å². The molecule has 0 unspecified atom stereocenters. The Bertz CT molecular complexity index is 840. The highest BCUT2D eigenvalue weighted by molar-refractivity contribution is 9.10. The van der Waals surface area contributed by atoms with Crippen LogP contribution in [0.5, 0.6) is 0 Å². The van der Waals surface area contributed by atoms with E-state index in [1.165, 1.54) is 0 Å². The normalized spacial score (nSPS) is 10.9. The Morgan fingerprint density at radius 3 is 2.73 bits per heavy atom. The second-order valence-corrected chi connectivity index (χ2v) is 6.13. The molecule has 3 aromatic rings. The van der Waals surface area contributed by atoms with E-state index < -0.39 is 0 Å². The number of carbonyl (C=O) groups is 1. The van der Waals surface area contributed by atoms with Gasteiger partial charge in [0.05, 0.1) is 10.2 Å². The molecule has 3 rings (SSSR count). The van der Waals surface area contributed by atoms with Crippen LogP contribution in [0.25, 0.3) is 5.65 Å². The molecule has 1 aromatic carbocycles. The number of rotatable bonds is 3. The summed E-state index contributed by atoms with van der Waals surface area (Å²) in [5, 5.41) is 2.96. The van der Waals surface area contributed by atoms with Gasteiger partial charge in [-0.2, -0.15) is 0 Å². The average molecular weight is 358 g/mol. The van der Waals surface area contributed by atoms with Gasteiger partial charge in [-0.15, -0.1) is 0 Å². The molecular weight excluding hydrogens is 342 g/mol. The number of benzene rings is 1. The van der Waals surface area contributed by atoms with Gasteiger partial charge < -0.3 is 5.32 Å². The van der Waals surface area contributed by atoms with E-state index in [1.807, 2.05) is 60.8 Å². The van der Waals surface area contributed by atoms with Crippen molar-refractivity contribution in [3.8, 4) is 0 Å². The third-order valence-electron chi connectivity index (χ3n) is 3.50. The summed E-state index contributed by atoms with van der Waals surface area (Å²) in [4.78, 5) is 17.0. The number of carbonyl (C=O) groups excluding carboxylic acids is 1. The van der Waals surface area contributed by atoms with E-state index in [2.05, 4.69) is 26.2 Å². The second-order valence-electron chi connectivity index (χ2n) is 5.27. The Labute approximate surface area is 137 Å². The predicted molar refractivity (Wildman–Crippen MR) is 90.0 cm³/mol. The standard InChI is InChI=1S/C17H16BrN3O/c1-11-8-14(18)16-20-12(2)15(21(16)10-11)17(22)19-9-13-6-4-3-5-7-13/h3-8,10H,9H2,1-2H3,(H,19,22). The Morgan fingerprint density at radius 1 is 1.27 bits per heavy atom. The Balaban J connectivity index is 1.92. The molecule has 0 atom stereocenters. The van der Waals surface area contributed by atoms with Crippen LogP contribution in [0.15, 0.2) is 47.1 Å². The summed E-state index contributed by atoms with van der Waals surface area (Å²) in [5.41, 5.74) is 4.19. The van der Waals surface area contributed by atoms with Crippen molar-refractivity contribution in [2.75, 3.05) is 0 Å². The van der Waals surface area contributed by atoms with Crippen molar-refractivity contribution in [1.29, 1.82) is 0 Å². The van der Waals surface area contributed by atoms with E-state index in [9.17, 15) is 4.79 Å². The van der Waals surface area contributed by atoms with E-state index in [1.54, 1.807) is 0 Å². The largest absolute Gasteiger partial charge is 0.347 e. The van der Waals surface area contributed by atoms with Crippen LogP contribution in [0.1, 0.15) is 27.3 Å². The highest BCUT2D eigenvalue weighted by Crippen LogP contribution is 2.22. The smallest absolute Gasteiger partial charge is 0.270 e. The number of pyridine rings is 1. The van der Waals surface area contributed by atoms with Gasteiger partial charge in [0.15, 0.2) is 5.65 Å². The molecule has 0 radical (unpaired) electrons. The fraction of sp³-hybridized carbons (Fsp3) is 0.176. The first-order valence-electron chi connectivity index (χ1n) is 7.03. The molecule has 0 saturated heterocycles. The van der Waals surface area contributed by atoms with E-state index in [0.29, 0.717) is 12.2 Å². The predicted octanol–water partition coefficient (Wildman–Crippen LogP) is 3.64. The number of nitrogens with zero attached hydrogens (tertiary/aromatic N) is 2. The summed E-state index contributed by atoms with van der Waals surface area (Å²) in [6.07, 6.45) is 1.93. The van der Waals surface area contributed by atoms with Crippen molar-refractivity contribution in [1.82, 2.24) is 14.7 Å². The number of imidazole rings is 1. The summed E-state index contributed by atoms with van der Waals surface area (Å²) in [6, 6.07) is 11.8. The van der Waals surface area contributed by atoms with Crippen molar-refractivity contribution in [3.05, 3.63) is 69.6 Å². The van der Waals surface area contributed by atoms with Crippen LogP contribution in [0.2, 0.25) is 0 Å². The third-order valence-corrected chi connectivity index (χ3v) is 4.08. The van der Waals surface area contributed by atoms with Gasteiger partial charge in [0.2, 0.25) is 0 Å². The highest BCUT2D eigenvalue weighted by atomic mass is 79.9. The molecule has 22 heavy (non-hydrogen) atoms. The van der Waals surface area contributed by atoms with E-state index in [4.69, 9.17) is 0 Å². The minimum Gasteiger partial charge on any atom is -0.347 e. The number of halogens is 1. The Hall–Kier alpha value is -2.14. The van der Waals surface area contributed by atoms with E-state index in [-0.39, 0.29) is 5.91 Å². The number of hydrogen-bond donors (Lipinski definition) is 1. The van der Waals surface area contributed by atoms with Gasteiger partial charge in [-0.1, -0.05) is 30.3 Å². The monoisotopic (exact) mass is 357 g/mol. The summed E-state index contributed by atoms with van der Waals surface area (Å²) in [6.45, 7) is 4.34. The molecule has 0 aliphatic rings. The fourth-order valence-electron chi connectivity index (χ4n) is 2.48. The quantitative estimate of drug-likeness (QED) is 0.777. The number of nitrogens with one attached hydrogen (secondary N) is 1. The maximum absolute atomic E-state index is 12.5. The van der Waals surface area contributed by atoms with E-state index >= 15 is 0 Å². The molecule has 2 heterocycles. The number of hydrogen-bond acceptors (Lipinski definition) is 2. The first-order chi connectivity index (χ1) is 10.6. The summed E-state index contributed by atoms with van der Waals surface area (Å²) in [7, 11) is 0. The first-order valence-corrected chi connectivity index (χ1v) is 7.82. The lowest BCUT2D eigenvalue weighted by Crippen LogP contribution is -2.25. The minimum absolute atomic E-state index is 0.119. The van der Waals surface area contributed by atoms with Crippen LogP contribution in [-0.4, -0.2) is 15.3 Å². The van der Waals surface area contributed by atoms with Gasteiger partial charge in [0.1, 0.15) is 5.69 Å². The van der Waals surface area contributed by atoms with Gasteiger partial charge in [-0.05, 0) is 47.0 Å². The lowest BCUT2D eigenvalue weighted by Gasteiger charge is -2.07. The van der Waals surface area contributed by atoms with Gasteiger partial charge in [0, 0.05) is 12.7 Å².